The summed E-state index contributed by atoms with van der Waals surface area (Å²) in [6.45, 7) is 1.19. The summed E-state index contributed by atoms with van der Waals surface area (Å²) in [4.78, 5) is 10.3. The largest absolute Gasteiger partial charge is 0.480 e. The summed E-state index contributed by atoms with van der Waals surface area (Å²) in [5, 5.41) is 10.8. The first-order valence-electron chi connectivity index (χ1n) is 4.44. The lowest BCUT2D eigenvalue weighted by Gasteiger charge is -2.12. The Kier molecular flexibility index (Phi) is 3.41. The molecule has 1 aromatic rings. The number of anilines is 1. The zero-order valence-corrected chi connectivity index (χ0v) is 8.43. The zero-order valence-electron chi connectivity index (χ0n) is 8.43. The molecule has 0 aliphatic carbocycles. The van der Waals surface area contributed by atoms with Crippen molar-refractivity contribution in [3.05, 3.63) is 29.3 Å². The van der Waals surface area contributed by atoms with E-state index in [1.807, 2.05) is 0 Å². The van der Waals surface area contributed by atoms with Crippen molar-refractivity contribution >= 4 is 11.7 Å². The molecule has 0 bridgehead atoms. The Labute approximate surface area is 89.9 Å². The van der Waals surface area contributed by atoms with E-state index < -0.39 is 24.3 Å². The van der Waals surface area contributed by atoms with Crippen molar-refractivity contribution in [1.82, 2.24) is 0 Å². The van der Waals surface area contributed by atoms with E-state index in [1.54, 1.807) is 6.92 Å². The Morgan fingerprint density at radius 2 is 2.06 bits per heavy atom. The van der Waals surface area contributed by atoms with Gasteiger partial charge in [-0.25, -0.2) is 0 Å². The molecule has 0 unspecified atom stereocenters. The molecule has 0 saturated carbocycles. The Morgan fingerprint density at radius 1 is 1.44 bits per heavy atom. The fourth-order valence-electron chi connectivity index (χ4n) is 1.16. The molecule has 0 spiro atoms. The Hall–Kier alpha value is -1.72. The third kappa shape index (κ3) is 3.15. The van der Waals surface area contributed by atoms with Crippen LogP contribution in [0, 0.1) is 6.92 Å². The van der Waals surface area contributed by atoms with Gasteiger partial charge in [-0.3, -0.25) is 4.79 Å². The number of carboxylic acids is 1. The minimum Gasteiger partial charge on any atom is -0.480 e. The van der Waals surface area contributed by atoms with Crippen molar-refractivity contribution in [1.29, 1.82) is 0 Å². The summed E-state index contributed by atoms with van der Waals surface area (Å²) in [7, 11) is 0. The number of aryl methyl sites for hydroxylation is 1. The number of rotatable bonds is 3. The normalized spacial score (nSPS) is 11.2. The van der Waals surface area contributed by atoms with Crippen LogP contribution in [0.15, 0.2) is 18.2 Å². The highest BCUT2D eigenvalue weighted by Gasteiger charge is 2.30. The van der Waals surface area contributed by atoms with Gasteiger partial charge in [0.15, 0.2) is 0 Å². The lowest BCUT2D eigenvalue weighted by molar-refractivity contribution is -0.137. The van der Waals surface area contributed by atoms with Gasteiger partial charge in [0.25, 0.3) is 0 Å². The van der Waals surface area contributed by atoms with Crippen molar-refractivity contribution in [2.75, 3.05) is 11.9 Å². The van der Waals surface area contributed by atoms with E-state index >= 15 is 0 Å². The van der Waals surface area contributed by atoms with Crippen molar-refractivity contribution in [2.45, 2.75) is 13.1 Å². The molecule has 0 atom stereocenters. The standard InChI is InChI=1S/C10H10F3NO2/c1-6-2-3-7(10(11,12)13)4-8(6)14-5-9(15)16/h2-4,14H,5H2,1H3,(H,15,16). The molecule has 0 fully saturated rings. The van der Waals surface area contributed by atoms with Gasteiger partial charge in [-0.2, -0.15) is 13.2 Å². The minimum absolute atomic E-state index is 0.178. The molecule has 0 radical (unpaired) electrons. The third-order valence-corrected chi connectivity index (χ3v) is 1.99. The number of halogens is 3. The topological polar surface area (TPSA) is 49.3 Å². The number of carboxylic acid groups (broad SMARTS) is 1. The van der Waals surface area contributed by atoms with Crippen LogP contribution >= 0.6 is 0 Å². The molecule has 16 heavy (non-hydrogen) atoms. The molecule has 0 aromatic heterocycles. The van der Waals surface area contributed by atoms with E-state index in [0.29, 0.717) is 5.56 Å². The maximum Gasteiger partial charge on any atom is 0.416 e. The van der Waals surface area contributed by atoms with Gasteiger partial charge in [0.1, 0.15) is 6.54 Å². The van der Waals surface area contributed by atoms with Crippen molar-refractivity contribution in [3.8, 4) is 0 Å². The number of carbonyl (C=O) groups is 1. The molecular weight excluding hydrogens is 223 g/mol. The number of hydrogen-bond donors (Lipinski definition) is 2. The van der Waals surface area contributed by atoms with Crippen LogP contribution in [0.2, 0.25) is 0 Å². The summed E-state index contributed by atoms with van der Waals surface area (Å²) >= 11 is 0. The van der Waals surface area contributed by atoms with Crippen molar-refractivity contribution < 1.29 is 23.1 Å². The second-order valence-electron chi connectivity index (χ2n) is 3.27. The molecule has 0 amide bonds. The summed E-state index contributed by atoms with van der Waals surface area (Å²) < 4.78 is 37.1. The Bertz CT molecular complexity index is 402. The highest BCUT2D eigenvalue weighted by Crippen LogP contribution is 2.31. The van der Waals surface area contributed by atoms with Gasteiger partial charge in [0.2, 0.25) is 0 Å². The van der Waals surface area contributed by atoms with Gasteiger partial charge in [0.05, 0.1) is 5.56 Å². The fourth-order valence-corrected chi connectivity index (χ4v) is 1.16. The molecule has 1 rings (SSSR count). The molecule has 0 aliphatic rings. The smallest absolute Gasteiger partial charge is 0.416 e. The molecular formula is C10H10F3NO2. The number of hydrogen-bond acceptors (Lipinski definition) is 2. The quantitative estimate of drug-likeness (QED) is 0.843. The predicted molar refractivity (Wildman–Crippen MR) is 52.3 cm³/mol. The van der Waals surface area contributed by atoms with Gasteiger partial charge in [-0.15, -0.1) is 0 Å². The first kappa shape index (κ1) is 12.4. The van der Waals surface area contributed by atoms with Gasteiger partial charge < -0.3 is 10.4 Å². The summed E-state index contributed by atoms with van der Waals surface area (Å²) in [6.07, 6.45) is -4.42. The Morgan fingerprint density at radius 3 is 2.56 bits per heavy atom. The number of alkyl halides is 3. The minimum atomic E-state index is -4.42. The zero-order chi connectivity index (χ0) is 12.3. The molecule has 0 aliphatic heterocycles. The number of benzene rings is 1. The molecule has 3 nitrogen and oxygen atoms in total. The maximum absolute atomic E-state index is 12.4. The lowest BCUT2D eigenvalue weighted by atomic mass is 10.1. The van der Waals surface area contributed by atoms with Crippen molar-refractivity contribution in [2.24, 2.45) is 0 Å². The van der Waals surface area contributed by atoms with E-state index in [1.165, 1.54) is 6.07 Å². The predicted octanol–water partition coefficient (Wildman–Crippen LogP) is 2.51. The number of nitrogens with one attached hydrogen (secondary N) is 1. The summed E-state index contributed by atoms with van der Waals surface area (Å²) in [6, 6.07) is 3.16. The molecule has 1 aromatic carbocycles. The highest BCUT2D eigenvalue weighted by atomic mass is 19.4. The average Bonchev–Trinajstić information content (AvgIpc) is 2.14. The average molecular weight is 233 g/mol. The van der Waals surface area contributed by atoms with Crippen LogP contribution in [0.4, 0.5) is 18.9 Å². The van der Waals surface area contributed by atoms with Crippen LogP contribution in [0.5, 0.6) is 0 Å². The molecule has 0 heterocycles. The first-order valence-corrected chi connectivity index (χ1v) is 4.44. The van der Waals surface area contributed by atoms with E-state index in [0.717, 1.165) is 12.1 Å². The SMILES string of the molecule is Cc1ccc(C(F)(F)F)cc1NCC(=O)O. The van der Waals surface area contributed by atoms with Crippen LogP contribution < -0.4 is 5.32 Å². The molecule has 88 valence electrons. The fraction of sp³-hybridized carbons (Fsp3) is 0.300. The number of aliphatic carboxylic acids is 1. The van der Waals surface area contributed by atoms with Crippen LogP contribution in [-0.4, -0.2) is 17.6 Å². The summed E-state index contributed by atoms with van der Waals surface area (Å²) in [5.74, 6) is -1.13. The van der Waals surface area contributed by atoms with Crippen LogP contribution in [0.25, 0.3) is 0 Å². The third-order valence-electron chi connectivity index (χ3n) is 1.99. The monoisotopic (exact) mass is 233 g/mol. The molecule has 6 heteroatoms. The second kappa shape index (κ2) is 4.42. The van der Waals surface area contributed by atoms with Gasteiger partial charge in [-0.1, -0.05) is 6.07 Å². The van der Waals surface area contributed by atoms with Gasteiger partial charge in [0, 0.05) is 5.69 Å². The summed E-state index contributed by atoms with van der Waals surface area (Å²) in [5.41, 5.74) is -0.0579. The maximum atomic E-state index is 12.4. The van der Waals surface area contributed by atoms with E-state index in [2.05, 4.69) is 5.32 Å². The van der Waals surface area contributed by atoms with Crippen molar-refractivity contribution in [3.63, 3.8) is 0 Å². The molecule has 2 N–H and O–H groups in total. The highest BCUT2D eigenvalue weighted by molar-refractivity contribution is 5.73. The second-order valence-corrected chi connectivity index (χ2v) is 3.27. The van der Waals surface area contributed by atoms with E-state index in [9.17, 15) is 18.0 Å². The van der Waals surface area contributed by atoms with Crippen LogP contribution in [0.3, 0.4) is 0 Å². The first-order chi connectivity index (χ1) is 7.30. The molecule has 0 saturated heterocycles. The van der Waals surface area contributed by atoms with E-state index in [4.69, 9.17) is 5.11 Å². The Balaban J connectivity index is 2.95. The van der Waals surface area contributed by atoms with Gasteiger partial charge >= 0.3 is 12.1 Å². The van der Waals surface area contributed by atoms with Crippen LogP contribution in [0.1, 0.15) is 11.1 Å². The van der Waals surface area contributed by atoms with Gasteiger partial charge in [-0.05, 0) is 24.6 Å². The van der Waals surface area contributed by atoms with E-state index in [-0.39, 0.29) is 5.69 Å². The van der Waals surface area contributed by atoms with Crippen LogP contribution in [-0.2, 0) is 11.0 Å². The lowest BCUT2D eigenvalue weighted by Crippen LogP contribution is -2.14.